The lowest BCUT2D eigenvalue weighted by molar-refractivity contribution is 0.0750. The molecule has 0 aromatic carbocycles. The molecular formula is C16H26N2O4S. The van der Waals surface area contributed by atoms with Crippen LogP contribution in [0.4, 0.5) is 0 Å². The Morgan fingerprint density at radius 3 is 2.26 bits per heavy atom. The number of nitrogens with zero attached hydrogens (tertiary/aromatic N) is 1. The summed E-state index contributed by atoms with van der Waals surface area (Å²) < 4.78 is 23.5. The second-order valence-corrected chi connectivity index (χ2v) is 8.25. The third kappa shape index (κ3) is 4.22. The first kappa shape index (κ1) is 19.4. The Balaban J connectivity index is 3.15. The summed E-state index contributed by atoms with van der Waals surface area (Å²) in [5.41, 5.74) is 2.29. The Morgan fingerprint density at radius 1 is 1.26 bits per heavy atom. The van der Waals surface area contributed by atoms with Gasteiger partial charge < -0.3 is 9.88 Å². The normalized spacial score (nSPS) is 13.0. The standard InChI is InChI=1S/C16H26N2O4S/c1-7-13-14(12(5)19)11(4)17-15(13)16(20)18(6)10(3)9-23(21,22)8-2/h10,17H,7-9H2,1-6H3/t10-/m0/s1. The number of hydrogen-bond donors (Lipinski definition) is 1. The molecule has 0 radical (unpaired) electrons. The number of Topliss-reactive ketones (excluding diaryl/α,β-unsaturated/α-hetero) is 1. The number of sulfone groups is 1. The zero-order valence-corrected chi connectivity index (χ0v) is 15.5. The molecule has 1 rings (SSSR count). The molecule has 1 N–H and O–H groups in total. The highest BCUT2D eigenvalue weighted by molar-refractivity contribution is 7.91. The Labute approximate surface area is 138 Å². The molecule has 0 saturated heterocycles. The molecule has 1 amide bonds. The molecule has 0 unspecified atom stereocenters. The number of ketones is 1. The second-order valence-electron chi connectivity index (χ2n) is 5.85. The van der Waals surface area contributed by atoms with Crippen molar-refractivity contribution < 1.29 is 18.0 Å². The quantitative estimate of drug-likeness (QED) is 0.768. The van der Waals surface area contributed by atoms with Crippen LogP contribution in [0.2, 0.25) is 0 Å². The highest BCUT2D eigenvalue weighted by Crippen LogP contribution is 2.22. The zero-order valence-electron chi connectivity index (χ0n) is 14.7. The van der Waals surface area contributed by atoms with Gasteiger partial charge in [0.25, 0.3) is 5.91 Å². The van der Waals surface area contributed by atoms with Gasteiger partial charge >= 0.3 is 0 Å². The lowest BCUT2D eigenvalue weighted by Gasteiger charge is -2.24. The molecule has 6 nitrogen and oxygen atoms in total. The molecular weight excluding hydrogens is 316 g/mol. The van der Waals surface area contributed by atoms with Crippen molar-refractivity contribution in [2.45, 2.75) is 47.1 Å². The average molecular weight is 342 g/mol. The van der Waals surface area contributed by atoms with Crippen LogP contribution in [0.25, 0.3) is 0 Å². The Morgan fingerprint density at radius 2 is 1.83 bits per heavy atom. The van der Waals surface area contributed by atoms with Gasteiger partial charge in [0.2, 0.25) is 0 Å². The smallest absolute Gasteiger partial charge is 0.270 e. The maximum absolute atomic E-state index is 12.7. The second kappa shape index (κ2) is 7.29. The van der Waals surface area contributed by atoms with Gasteiger partial charge in [-0.15, -0.1) is 0 Å². The Bertz CT molecular complexity index is 704. The van der Waals surface area contributed by atoms with E-state index in [2.05, 4.69) is 4.98 Å². The zero-order chi connectivity index (χ0) is 17.9. The van der Waals surface area contributed by atoms with Crippen molar-refractivity contribution in [2.75, 3.05) is 18.6 Å². The summed E-state index contributed by atoms with van der Waals surface area (Å²) >= 11 is 0. The fourth-order valence-electron chi connectivity index (χ4n) is 2.66. The van der Waals surface area contributed by atoms with Crippen molar-refractivity contribution in [1.82, 2.24) is 9.88 Å². The minimum Gasteiger partial charge on any atom is -0.354 e. The van der Waals surface area contributed by atoms with E-state index in [1.807, 2.05) is 6.92 Å². The van der Waals surface area contributed by atoms with E-state index in [4.69, 9.17) is 0 Å². The molecule has 130 valence electrons. The van der Waals surface area contributed by atoms with E-state index in [1.165, 1.54) is 11.8 Å². The van der Waals surface area contributed by atoms with Gasteiger partial charge in [-0.1, -0.05) is 13.8 Å². The molecule has 0 saturated carbocycles. The van der Waals surface area contributed by atoms with Crippen LogP contribution >= 0.6 is 0 Å². The number of aromatic amines is 1. The SMILES string of the molecule is CCc1c(C(=O)N(C)[C@@H](C)CS(=O)(=O)CC)[nH]c(C)c1C(C)=O. The number of carbonyl (C=O) groups is 2. The predicted molar refractivity (Wildman–Crippen MR) is 90.8 cm³/mol. The van der Waals surface area contributed by atoms with Gasteiger partial charge in [0.1, 0.15) is 5.69 Å². The van der Waals surface area contributed by atoms with Crippen molar-refractivity contribution in [1.29, 1.82) is 0 Å². The van der Waals surface area contributed by atoms with Gasteiger partial charge in [-0.05, 0) is 32.8 Å². The van der Waals surface area contributed by atoms with Crippen molar-refractivity contribution in [3.63, 3.8) is 0 Å². The van der Waals surface area contributed by atoms with Gasteiger partial charge in [0.05, 0.1) is 5.75 Å². The third-order valence-electron chi connectivity index (χ3n) is 4.13. The van der Waals surface area contributed by atoms with Crippen LogP contribution in [0.5, 0.6) is 0 Å². The number of hydrogen-bond acceptors (Lipinski definition) is 4. The first-order chi connectivity index (χ1) is 10.6. The number of aromatic nitrogens is 1. The number of nitrogens with one attached hydrogen (secondary N) is 1. The van der Waals surface area contributed by atoms with Crippen LogP contribution in [-0.4, -0.2) is 54.6 Å². The molecule has 0 fully saturated rings. The van der Waals surface area contributed by atoms with Crippen LogP contribution in [0.15, 0.2) is 0 Å². The number of H-pyrrole nitrogens is 1. The molecule has 0 aliphatic carbocycles. The lowest BCUT2D eigenvalue weighted by atomic mass is 10.0. The molecule has 1 aromatic heterocycles. The molecule has 0 bridgehead atoms. The molecule has 1 aromatic rings. The molecule has 0 spiro atoms. The minimum atomic E-state index is -3.17. The summed E-state index contributed by atoms with van der Waals surface area (Å²) in [7, 11) is -1.59. The molecule has 23 heavy (non-hydrogen) atoms. The fourth-order valence-corrected chi connectivity index (χ4v) is 3.86. The molecule has 0 aliphatic heterocycles. The Kier molecular flexibility index (Phi) is 6.16. The first-order valence-corrected chi connectivity index (χ1v) is 9.57. The third-order valence-corrected chi connectivity index (χ3v) is 6.00. The number of amides is 1. The van der Waals surface area contributed by atoms with Gasteiger partial charge in [0, 0.05) is 30.1 Å². The van der Waals surface area contributed by atoms with Gasteiger partial charge in [-0.2, -0.15) is 0 Å². The van der Waals surface area contributed by atoms with E-state index in [1.54, 1.807) is 27.8 Å². The van der Waals surface area contributed by atoms with Crippen molar-refractivity contribution >= 4 is 21.5 Å². The van der Waals surface area contributed by atoms with Gasteiger partial charge in [-0.3, -0.25) is 9.59 Å². The van der Waals surface area contributed by atoms with E-state index in [0.717, 1.165) is 0 Å². The molecule has 7 heteroatoms. The predicted octanol–water partition coefficient (Wildman–Crippen LogP) is 1.98. The van der Waals surface area contributed by atoms with Crippen LogP contribution < -0.4 is 0 Å². The van der Waals surface area contributed by atoms with Gasteiger partial charge in [-0.25, -0.2) is 8.42 Å². The molecule has 0 aliphatic rings. The van der Waals surface area contributed by atoms with Crippen molar-refractivity contribution in [2.24, 2.45) is 0 Å². The van der Waals surface area contributed by atoms with Crippen LogP contribution in [0.3, 0.4) is 0 Å². The molecule has 1 atom stereocenters. The summed E-state index contributed by atoms with van der Waals surface area (Å²) in [6.07, 6.45) is 0.551. The number of carbonyl (C=O) groups excluding carboxylic acids is 2. The number of aryl methyl sites for hydroxylation is 1. The first-order valence-electron chi connectivity index (χ1n) is 7.75. The minimum absolute atomic E-state index is 0.0513. The number of rotatable bonds is 7. The maximum atomic E-state index is 12.7. The van der Waals surface area contributed by atoms with Crippen molar-refractivity contribution in [3.05, 3.63) is 22.5 Å². The van der Waals surface area contributed by atoms with Crippen LogP contribution in [-0.2, 0) is 16.3 Å². The summed E-state index contributed by atoms with van der Waals surface area (Å²) in [5, 5.41) is 0. The van der Waals surface area contributed by atoms with Gasteiger partial charge in [0.15, 0.2) is 15.6 Å². The summed E-state index contributed by atoms with van der Waals surface area (Å²) in [6.45, 7) is 8.42. The maximum Gasteiger partial charge on any atom is 0.270 e. The Hall–Kier alpha value is -1.63. The van der Waals surface area contributed by atoms with E-state index in [-0.39, 0.29) is 23.2 Å². The highest BCUT2D eigenvalue weighted by atomic mass is 32.2. The van der Waals surface area contributed by atoms with E-state index in [9.17, 15) is 18.0 Å². The largest absolute Gasteiger partial charge is 0.354 e. The summed E-state index contributed by atoms with van der Waals surface area (Å²) in [4.78, 5) is 28.9. The van der Waals surface area contributed by atoms with Crippen molar-refractivity contribution in [3.8, 4) is 0 Å². The van der Waals surface area contributed by atoms with E-state index < -0.39 is 15.9 Å². The van der Waals surface area contributed by atoms with E-state index >= 15 is 0 Å². The summed E-state index contributed by atoms with van der Waals surface area (Å²) in [5.74, 6) is -0.405. The van der Waals surface area contributed by atoms with Crippen LogP contribution in [0, 0.1) is 6.92 Å². The lowest BCUT2D eigenvalue weighted by Crippen LogP contribution is -2.40. The highest BCUT2D eigenvalue weighted by Gasteiger charge is 2.27. The summed E-state index contributed by atoms with van der Waals surface area (Å²) in [6, 6.07) is -0.443. The van der Waals surface area contributed by atoms with E-state index in [0.29, 0.717) is 28.9 Å². The average Bonchev–Trinajstić information content (AvgIpc) is 2.81. The fraction of sp³-hybridized carbons (Fsp3) is 0.625. The topological polar surface area (TPSA) is 87.3 Å². The molecule has 1 heterocycles. The van der Waals surface area contributed by atoms with Crippen LogP contribution in [0.1, 0.15) is 59.8 Å². The monoisotopic (exact) mass is 342 g/mol.